The number of carbonyl (C=O) groups is 1. The quantitative estimate of drug-likeness (QED) is 0.793. The number of likely N-dealkylation sites (tertiary alicyclic amines) is 1. The van der Waals surface area contributed by atoms with Crippen LogP contribution in [0.5, 0.6) is 5.75 Å². The van der Waals surface area contributed by atoms with E-state index < -0.39 is 0 Å². The molecular weight excluding hydrogens is 286 g/mol. The van der Waals surface area contributed by atoms with Gasteiger partial charge in [0.2, 0.25) is 0 Å². The number of hydrogen-bond acceptors (Lipinski definition) is 3. The molecule has 2 fully saturated rings. The molecule has 0 amide bonds. The average molecular weight is 313 g/mol. The predicted octanol–water partition coefficient (Wildman–Crippen LogP) is 3.74. The second-order valence-corrected chi connectivity index (χ2v) is 7.65. The molecule has 1 aliphatic heterocycles. The van der Waals surface area contributed by atoms with Crippen LogP contribution in [0.3, 0.4) is 0 Å². The van der Waals surface area contributed by atoms with Crippen LogP contribution in [-0.4, -0.2) is 37.9 Å². The van der Waals surface area contributed by atoms with Gasteiger partial charge >= 0.3 is 0 Å². The van der Waals surface area contributed by atoms with Crippen molar-refractivity contribution in [2.45, 2.75) is 20.3 Å². The minimum atomic E-state index is 0.116. The number of benzene rings is 1. The maximum absolute atomic E-state index is 13.2. The molecule has 3 rings (SSSR count). The summed E-state index contributed by atoms with van der Waals surface area (Å²) in [6.45, 7) is 10.7. The fraction of sp³-hybridized carbons (Fsp3) is 0.550. The number of fused-ring (bicyclic) bond motifs is 1. The molecule has 4 unspecified atom stereocenters. The Hall–Kier alpha value is -1.61. The summed E-state index contributed by atoms with van der Waals surface area (Å²) in [5.74, 6) is 2.20. The summed E-state index contributed by atoms with van der Waals surface area (Å²) in [7, 11) is 3.83. The lowest BCUT2D eigenvalue weighted by Gasteiger charge is -2.23. The van der Waals surface area contributed by atoms with Crippen LogP contribution < -0.4 is 4.74 Å². The molecule has 0 N–H and O–H groups in total. The first-order valence-electron chi connectivity index (χ1n) is 8.43. The van der Waals surface area contributed by atoms with E-state index >= 15 is 0 Å². The average Bonchev–Trinajstić information content (AvgIpc) is 2.96. The van der Waals surface area contributed by atoms with Crippen LogP contribution in [0.1, 0.15) is 36.2 Å². The van der Waals surface area contributed by atoms with Crippen LogP contribution in [0.4, 0.5) is 0 Å². The monoisotopic (exact) mass is 313 g/mol. The summed E-state index contributed by atoms with van der Waals surface area (Å²) in [6, 6.07) is 5.67. The zero-order chi connectivity index (χ0) is 16.8. The molecule has 23 heavy (non-hydrogen) atoms. The van der Waals surface area contributed by atoms with E-state index in [1.54, 1.807) is 13.2 Å². The van der Waals surface area contributed by atoms with Gasteiger partial charge in [0.25, 0.3) is 0 Å². The molecular formula is C20H27NO2. The first-order valence-corrected chi connectivity index (χ1v) is 8.43. The Morgan fingerprint density at radius 1 is 1.48 bits per heavy atom. The molecule has 1 aromatic carbocycles. The molecule has 124 valence electrons. The van der Waals surface area contributed by atoms with E-state index in [1.807, 2.05) is 18.2 Å². The normalized spacial score (nSPS) is 33.5. The smallest absolute Gasteiger partial charge is 0.166 e. The third-order valence-corrected chi connectivity index (χ3v) is 6.07. The lowest BCUT2D eigenvalue weighted by Crippen LogP contribution is -2.25. The highest BCUT2D eigenvalue weighted by Crippen LogP contribution is 2.54. The summed E-state index contributed by atoms with van der Waals surface area (Å²) in [5.41, 5.74) is 1.94. The summed E-state index contributed by atoms with van der Waals surface area (Å²) in [5, 5.41) is 0. The van der Waals surface area contributed by atoms with Gasteiger partial charge in [-0.1, -0.05) is 26.5 Å². The number of methoxy groups -OCH3 is 1. The summed E-state index contributed by atoms with van der Waals surface area (Å²) in [4.78, 5) is 15.6. The number of Topliss-reactive ketones (excluding diaryl/α,β-unsaturated/α-hetero) is 1. The van der Waals surface area contributed by atoms with Crippen molar-refractivity contribution in [1.29, 1.82) is 0 Å². The van der Waals surface area contributed by atoms with Gasteiger partial charge in [-0.05, 0) is 54.5 Å². The molecule has 0 aromatic heterocycles. The topological polar surface area (TPSA) is 29.5 Å². The van der Waals surface area contributed by atoms with Crippen molar-refractivity contribution in [2.75, 3.05) is 27.2 Å². The van der Waals surface area contributed by atoms with E-state index in [0.29, 0.717) is 11.8 Å². The van der Waals surface area contributed by atoms with E-state index in [2.05, 4.69) is 32.4 Å². The Morgan fingerprint density at radius 3 is 2.83 bits per heavy atom. The second-order valence-electron chi connectivity index (χ2n) is 7.65. The largest absolute Gasteiger partial charge is 0.497 e. The Labute approximate surface area is 139 Å². The molecule has 1 aromatic rings. The van der Waals surface area contributed by atoms with E-state index in [0.717, 1.165) is 36.4 Å². The molecule has 3 nitrogen and oxygen atoms in total. The highest BCUT2D eigenvalue weighted by molar-refractivity contribution is 6.01. The van der Waals surface area contributed by atoms with Crippen molar-refractivity contribution in [1.82, 2.24) is 4.90 Å². The van der Waals surface area contributed by atoms with Crippen molar-refractivity contribution in [3.05, 3.63) is 35.9 Å². The summed E-state index contributed by atoms with van der Waals surface area (Å²) < 4.78 is 5.26. The van der Waals surface area contributed by atoms with Crippen LogP contribution in [0.15, 0.2) is 24.8 Å². The minimum absolute atomic E-state index is 0.116. The van der Waals surface area contributed by atoms with Crippen LogP contribution in [-0.2, 0) is 0 Å². The predicted molar refractivity (Wildman–Crippen MR) is 93.8 cm³/mol. The van der Waals surface area contributed by atoms with Gasteiger partial charge in [0.15, 0.2) is 5.78 Å². The van der Waals surface area contributed by atoms with Gasteiger partial charge < -0.3 is 9.64 Å². The number of rotatable bonds is 4. The van der Waals surface area contributed by atoms with Crippen molar-refractivity contribution in [3.8, 4) is 5.75 Å². The lowest BCUT2D eigenvalue weighted by molar-refractivity contribution is 0.0878. The molecule has 4 atom stereocenters. The molecule has 0 bridgehead atoms. The van der Waals surface area contributed by atoms with Gasteiger partial charge in [0.1, 0.15) is 5.75 Å². The number of ether oxygens (including phenoxy) is 1. The van der Waals surface area contributed by atoms with E-state index in [-0.39, 0.29) is 17.1 Å². The van der Waals surface area contributed by atoms with Gasteiger partial charge in [-0.3, -0.25) is 4.79 Å². The number of carbonyl (C=O) groups excluding carboxylic acids is 1. The maximum Gasteiger partial charge on any atom is 0.166 e. The van der Waals surface area contributed by atoms with Gasteiger partial charge in [-0.15, -0.1) is 0 Å². The number of nitrogens with zero attached hydrogens (tertiary/aromatic N) is 1. The minimum Gasteiger partial charge on any atom is -0.497 e. The lowest BCUT2D eigenvalue weighted by atomic mass is 9.80. The maximum atomic E-state index is 13.2. The van der Waals surface area contributed by atoms with Crippen molar-refractivity contribution < 1.29 is 9.53 Å². The highest BCUT2D eigenvalue weighted by atomic mass is 16.5. The first-order chi connectivity index (χ1) is 10.9. The van der Waals surface area contributed by atoms with Gasteiger partial charge in [-0.25, -0.2) is 0 Å². The van der Waals surface area contributed by atoms with E-state index in [1.165, 1.54) is 0 Å². The number of ketones is 1. The van der Waals surface area contributed by atoms with Gasteiger partial charge in [0.05, 0.1) is 7.11 Å². The van der Waals surface area contributed by atoms with Gasteiger partial charge in [-0.2, -0.15) is 0 Å². The van der Waals surface area contributed by atoms with E-state index in [4.69, 9.17) is 4.74 Å². The zero-order valence-corrected chi connectivity index (χ0v) is 14.6. The molecule has 3 heteroatoms. The molecule has 0 spiro atoms. The molecule has 1 heterocycles. The van der Waals surface area contributed by atoms with Crippen molar-refractivity contribution in [2.24, 2.45) is 23.2 Å². The summed E-state index contributed by atoms with van der Waals surface area (Å²) in [6.07, 6.45) is 2.75. The van der Waals surface area contributed by atoms with Gasteiger partial charge in [0, 0.05) is 24.6 Å². The first kappa shape index (κ1) is 16.3. The van der Waals surface area contributed by atoms with Crippen LogP contribution in [0, 0.1) is 23.2 Å². The molecule has 1 saturated heterocycles. The summed E-state index contributed by atoms with van der Waals surface area (Å²) >= 11 is 0. The van der Waals surface area contributed by atoms with E-state index in [9.17, 15) is 4.79 Å². The Kier molecular flexibility index (Phi) is 4.09. The molecule has 1 saturated carbocycles. The van der Waals surface area contributed by atoms with Crippen LogP contribution in [0.2, 0.25) is 0 Å². The van der Waals surface area contributed by atoms with Crippen molar-refractivity contribution >= 4 is 11.9 Å². The third kappa shape index (κ3) is 2.61. The van der Waals surface area contributed by atoms with Crippen LogP contribution in [0.25, 0.3) is 6.08 Å². The Morgan fingerprint density at radius 2 is 2.22 bits per heavy atom. The number of hydrogen-bond donors (Lipinski definition) is 0. The van der Waals surface area contributed by atoms with Crippen molar-refractivity contribution in [3.63, 3.8) is 0 Å². The zero-order valence-electron chi connectivity index (χ0n) is 14.6. The Balaban J connectivity index is 1.89. The van der Waals surface area contributed by atoms with Crippen LogP contribution >= 0.6 is 0 Å². The molecule has 0 radical (unpaired) electrons. The fourth-order valence-electron chi connectivity index (χ4n) is 4.93. The Bertz CT molecular complexity index is 639. The fourth-order valence-corrected chi connectivity index (χ4v) is 4.93. The third-order valence-electron chi connectivity index (χ3n) is 6.07. The SMILES string of the molecule is C=Cc1cc(OC)ccc1C(=O)C1CC2(C)CN(C)CC2C1C. The molecule has 1 aliphatic carbocycles. The molecule has 2 aliphatic rings. The highest BCUT2D eigenvalue weighted by Gasteiger charge is 2.54. The standard InChI is InChI=1S/C20H27NO2/c1-6-14-9-15(23-5)7-8-16(14)19(22)17-10-20(3)12-21(4)11-18(20)13(17)2/h6-9,13,17-18H,1,10-12H2,2-5H3. The second kappa shape index (κ2) is 5.79.